The molecule has 0 spiro atoms. The molecule has 0 aromatic heterocycles. The van der Waals surface area contributed by atoms with Crippen molar-refractivity contribution in [3.8, 4) is 5.75 Å². The molecule has 0 radical (unpaired) electrons. The van der Waals surface area contributed by atoms with Crippen molar-refractivity contribution < 1.29 is 9.53 Å². The molecule has 102 valence electrons. The van der Waals surface area contributed by atoms with Crippen molar-refractivity contribution >= 4 is 17.3 Å². The topological polar surface area (TPSA) is 81.6 Å². The molecule has 1 aliphatic carbocycles. The summed E-state index contributed by atoms with van der Waals surface area (Å²) >= 11 is 0. The highest BCUT2D eigenvalue weighted by Crippen LogP contribution is 2.47. The van der Waals surface area contributed by atoms with Crippen LogP contribution in [0.15, 0.2) is 18.2 Å². The molecule has 1 aromatic rings. The standard InChI is InChI=1S/C14H19N3O2/c1-9-13(18)17(8-14(7-15)4-5-14)11-6-10(16)2-3-12(11)19-9/h2-3,6,9H,4-5,7-8,15-16H2,1H3. The lowest BCUT2D eigenvalue weighted by molar-refractivity contribution is -0.125. The molecule has 1 atom stereocenters. The molecule has 1 aliphatic heterocycles. The Hall–Kier alpha value is -1.75. The van der Waals surface area contributed by atoms with Crippen LogP contribution >= 0.6 is 0 Å². The Kier molecular flexibility index (Phi) is 2.67. The van der Waals surface area contributed by atoms with E-state index in [1.54, 1.807) is 24.0 Å². The number of nitrogens with zero attached hydrogens (tertiary/aromatic N) is 1. The molecule has 19 heavy (non-hydrogen) atoms. The minimum atomic E-state index is -0.454. The van der Waals surface area contributed by atoms with E-state index in [9.17, 15) is 4.79 Å². The van der Waals surface area contributed by atoms with Crippen molar-refractivity contribution in [2.45, 2.75) is 25.9 Å². The molecular formula is C14H19N3O2. The van der Waals surface area contributed by atoms with E-state index in [0.29, 0.717) is 24.5 Å². The van der Waals surface area contributed by atoms with Crippen LogP contribution in [0.25, 0.3) is 0 Å². The number of carbonyl (C=O) groups is 1. The van der Waals surface area contributed by atoms with E-state index in [1.807, 2.05) is 6.07 Å². The zero-order valence-corrected chi connectivity index (χ0v) is 11.1. The fourth-order valence-electron chi connectivity index (χ4n) is 2.53. The number of anilines is 2. The van der Waals surface area contributed by atoms with Gasteiger partial charge in [-0.05, 0) is 44.5 Å². The second-order valence-electron chi connectivity index (χ2n) is 5.62. The van der Waals surface area contributed by atoms with Gasteiger partial charge in [0.1, 0.15) is 5.75 Å². The summed E-state index contributed by atoms with van der Waals surface area (Å²) in [5.41, 5.74) is 13.1. The molecule has 4 N–H and O–H groups in total. The average molecular weight is 261 g/mol. The Morgan fingerprint density at radius 1 is 1.47 bits per heavy atom. The Bertz CT molecular complexity index is 525. The van der Waals surface area contributed by atoms with E-state index in [2.05, 4.69) is 0 Å². The predicted octanol–water partition coefficient (Wildman–Crippen LogP) is 1.12. The van der Waals surface area contributed by atoms with Gasteiger partial charge in [-0.15, -0.1) is 0 Å². The molecule has 0 saturated heterocycles. The first-order valence-corrected chi connectivity index (χ1v) is 6.62. The molecule has 1 aromatic carbocycles. The van der Waals surface area contributed by atoms with Gasteiger partial charge in [-0.3, -0.25) is 4.79 Å². The number of fused-ring (bicyclic) bond motifs is 1. The molecule has 3 rings (SSSR count). The highest BCUT2D eigenvalue weighted by atomic mass is 16.5. The van der Waals surface area contributed by atoms with Crippen molar-refractivity contribution in [3.63, 3.8) is 0 Å². The third-order valence-corrected chi connectivity index (χ3v) is 4.07. The van der Waals surface area contributed by atoms with Gasteiger partial charge in [0.15, 0.2) is 6.10 Å². The first-order chi connectivity index (χ1) is 9.04. The average Bonchev–Trinajstić information content (AvgIpc) is 3.16. The van der Waals surface area contributed by atoms with E-state index in [0.717, 1.165) is 18.5 Å². The van der Waals surface area contributed by atoms with Crippen molar-refractivity contribution in [2.24, 2.45) is 11.1 Å². The van der Waals surface area contributed by atoms with Crippen molar-refractivity contribution in [1.29, 1.82) is 0 Å². The van der Waals surface area contributed by atoms with Gasteiger partial charge in [0.05, 0.1) is 5.69 Å². The summed E-state index contributed by atoms with van der Waals surface area (Å²) in [6.45, 7) is 3.05. The van der Waals surface area contributed by atoms with Gasteiger partial charge in [0.2, 0.25) is 0 Å². The number of ether oxygens (including phenoxy) is 1. The second kappa shape index (κ2) is 4.13. The summed E-state index contributed by atoms with van der Waals surface area (Å²) in [5.74, 6) is 0.701. The van der Waals surface area contributed by atoms with Crippen LogP contribution in [0.4, 0.5) is 11.4 Å². The second-order valence-corrected chi connectivity index (χ2v) is 5.62. The number of nitrogens with two attached hydrogens (primary N) is 2. The molecule has 0 bridgehead atoms. The number of nitrogen functional groups attached to an aromatic ring is 1. The summed E-state index contributed by atoms with van der Waals surface area (Å²) in [6.07, 6.45) is 1.71. The molecular weight excluding hydrogens is 242 g/mol. The number of rotatable bonds is 3. The Labute approximate surface area is 112 Å². The number of amides is 1. The Morgan fingerprint density at radius 3 is 2.84 bits per heavy atom. The fourth-order valence-corrected chi connectivity index (χ4v) is 2.53. The molecule has 1 unspecified atom stereocenters. The van der Waals surface area contributed by atoms with Crippen LogP contribution in [-0.2, 0) is 4.79 Å². The predicted molar refractivity (Wildman–Crippen MR) is 74.0 cm³/mol. The van der Waals surface area contributed by atoms with Crippen molar-refractivity contribution in [1.82, 2.24) is 0 Å². The highest BCUT2D eigenvalue weighted by Gasteiger charge is 2.45. The minimum absolute atomic E-state index is 0.0159. The lowest BCUT2D eigenvalue weighted by Gasteiger charge is -2.35. The third-order valence-electron chi connectivity index (χ3n) is 4.07. The van der Waals surface area contributed by atoms with E-state index in [4.69, 9.17) is 16.2 Å². The molecule has 1 heterocycles. The molecule has 1 saturated carbocycles. The lowest BCUT2D eigenvalue weighted by atomic mass is 10.0. The molecule has 5 heteroatoms. The van der Waals surface area contributed by atoms with E-state index in [1.165, 1.54) is 0 Å². The van der Waals surface area contributed by atoms with Crippen LogP contribution in [0.3, 0.4) is 0 Å². The van der Waals surface area contributed by atoms with E-state index >= 15 is 0 Å². The third kappa shape index (κ3) is 2.04. The monoisotopic (exact) mass is 261 g/mol. The molecule has 1 fully saturated rings. The van der Waals surface area contributed by atoms with Gasteiger partial charge >= 0.3 is 0 Å². The van der Waals surface area contributed by atoms with Crippen LogP contribution in [0.2, 0.25) is 0 Å². The maximum Gasteiger partial charge on any atom is 0.267 e. The van der Waals surface area contributed by atoms with Gasteiger partial charge in [0.25, 0.3) is 5.91 Å². The number of hydrogen-bond donors (Lipinski definition) is 2. The quantitative estimate of drug-likeness (QED) is 0.799. The van der Waals surface area contributed by atoms with Crippen molar-refractivity contribution in [2.75, 3.05) is 23.7 Å². The minimum Gasteiger partial charge on any atom is -0.479 e. The van der Waals surface area contributed by atoms with Gasteiger partial charge in [0, 0.05) is 17.6 Å². The van der Waals surface area contributed by atoms with Crippen LogP contribution < -0.4 is 21.1 Å². The maximum atomic E-state index is 12.3. The molecule has 5 nitrogen and oxygen atoms in total. The van der Waals surface area contributed by atoms with Crippen molar-refractivity contribution in [3.05, 3.63) is 18.2 Å². The van der Waals surface area contributed by atoms with Crippen LogP contribution in [0.5, 0.6) is 5.75 Å². The molecule has 2 aliphatic rings. The van der Waals surface area contributed by atoms with Crippen LogP contribution in [-0.4, -0.2) is 25.1 Å². The van der Waals surface area contributed by atoms with Crippen LogP contribution in [0, 0.1) is 5.41 Å². The smallest absolute Gasteiger partial charge is 0.267 e. The van der Waals surface area contributed by atoms with Gasteiger partial charge in [-0.2, -0.15) is 0 Å². The number of benzene rings is 1. The summed E-state index contributed by atoms with van der Waals surface area (Å²) < 4.78 is 5.62. The highest BCUT2D eigenvalue weighted by molar-refractivity contribution is 6.00. The first-order valence-electron chi connectivity index (χ1n) is 6.62. The van der Waals surface area contributed by atoms with E-state index < -0.39 is 6.10 Å². The first kappa shape index (κ1) is 12.3. The van der Waals surface area contributed by atoms with Crippen LogP contribution in [0.1, 0.15) is 19.8 Å². The Morgan fingerprint density at radius 2 is 2.21 bits per heavy atom. The summed E-state index contributed by atoms with van der Waals surface area (Å²) in [6, 6.07) is 5.41. The fraction of sp³-hybridized carbons (Fsp3) is 0.500. The zero-order valence-electron chi connectivity index (χ0n) is 11.1. The summed E-state index contributed by atoms with van der Waals surface area (Å²) in [4.78, 5) is 14.1. The normalized spacial score (nSPS) is 23.8. The Balaban J connectivity index is 1.97. The largest absolute Gasteiger partial charge is 0.479 e. The van der Waals surface area contributed by atoms with Gasteiger partial charge < -0.3 is 21.1 Å². The maximum absolute atomic E-state index is 12.3. The van der Waals surface area contributed by atoms with Gasteiger partial charge in [-0.1, -0.05) is 0 Å². The number of hydrogen-bond acceptors (Lipinski definition) is 4. The SMILES string of the molecule is CC1Oc2ccc(N)cc2N(CC2(CN)CC2)C1=O. The summed E-state index contributed by atoms with van der Waals surface area (Å²) in [5, 5.41) is 0. The lowest BCUT2D eigenvalue weighted by Crippen LogP contribution is -2.47. The molecule has 1 amide bonds. The van der Waals surface area contributed by atoms with E-state index in [-0.39, 0.29) is 11.3 Å². The summed E-state index contributed by atoms with van der Waals surface area (Å²) in [7, 11) is 0. The van der Waals surface area contributed by atoms with Gasteiger partial charge in [-0.25, -0.2) is 0 Å². The zero-order chi connectivity index (χ0) is 13.6. The number of carbonyl (C=O) groups excluding carboxylic acids is 1.